The summed E-state index contributed by atoms with van der Waals surface area (Å²) in [5.41, 5.74) is 0.584. The number of piperidine rings is 1. The minimum absolute atomic E-state index is 0.0649. The van der Waals surface area contributed by atoms with Crippen molar-refractivity contribution in [1.82, 2.24) is 9.80 Å². The van der Waals surface area contributed by atoms with E-state index in [2.05, 4.69) is 11.9 Å². The highest BCUT2D eigenvalue weighted by Gasteiger charge is 2.44. The first kappa shape index (κ1) is 14.4. The molecule has 0 aromatic heterocycles. The molecule has 1 spiro atoms. The van der Waals surface area contributed by atoms with Crippen LogP contribution in [0.4, 0.5) is 8.78 Å². The van der Waals surface area contributed by atoms with Crippen LogP contribution in [0.25, 0.3) is 0 Å². The van der Waals surface area contributed by atoms with Crippen LogP contribution >= 0.6 is 0 Å². The van der Waals surface area contributed by atoms with E-state index in [0.717, 1.165) is 32.0 Å². The number of hydrogen-bond donors (Lipinski definition) is 0. The smallest absolute Gasteiger partial charge is 0.223 e. The van der Waals surface area contributed by atoms with Crippen molar-refractivity contribution in [2.24, 2.45) is 5.41 Å². The van der Waals surface area contributed by atoms with E-state index in [0.29, 0.717) is 25.1 Å². The van der Waals surface area contributed by atoms with E-state index >= 15 is 0 Å². The molecular formula is C16H20F2N2O. The topological polar surface area (TPSA) is 23.6 Å². The first-order valence-electron chi connectivity index (χ1n) is 7.37. The van der Waals surface area contributed by atoms with Gasteiger partial charge in [0.25, 0.3) is 0 Å². The quantitative estimate of drug-likeness (QED) is 0.836. The van der Waals surface area contributed by atoms with Crippen LogP contribution < -0.4 is 0 Å². The van der Waals surface area contributed by atoms with Crippen molar-refractivity contribution in [3.8, 4) is 0 Å². The molecule has 3 rings (SSSR count). The molecule has 114 valence electrons. The van der Waals surface area contributed by atoms with Crippen molar-refractivity contribution >= 4 is 5.91 Å². The third-order valence-corrected chi connectivity index (χ3v) is 4.75. The standard InChI is InChI=1S/C16H20F2N2O/c1-19-4-2-16(3-5-19)9-15(21)20(11-16)10-12-6-13(17)8-14(18)7-12/h6-8H,2-5,9-11H2,1H3. The molecule has 0 saturated carbocycles. The van der Waals surface area contributed by atoms with Crippen molar-refractivity contribution < 1.29 is 13.6 Å². The van der Waals surface area contributed by atoms with Crippen LogP contribution in [0.5, 0.6) is 0 Å². The summed E-state index contributed by atoms with van der Waals surface area (Å²) in [7, 11) is 2.09. The van der Waals surface area contributed by atoms with Crippen LogP contribution in [0.1, 0.15) is 24.8 Å². The Morgan fingerprint density at radius 2 is 1.76 bits per heavy atom. The molecule has 0 aliphatic carbocycles. The van der Waals surface area contributed by atoms with Crippen LogP contribution in [0.3, 0.4) is 0 Å². The average Bonchev–Trinajstić information content (AvgIpc) is 2.69. The van der Waals surface area contributed by atoms with E-state index in [-0.39, 0.29) is 11.3 Å². The van der Waals surface area contributed by atoms with Gasteiger partial charge in [-0.15, -0.1) is 0 Å². The van der Waals surface area contributed by atoms with Gasteiger partial charge < -0.3 is 9.80 Å². The number of rotatable bonds is 2. The minimum atomic E-state index is -0.592. The minimum Gasteiger partial charge on any atom is -0.338 e. The van der Waals surface area contributed by atoms with Gasteiger partial charge in [0.2, 0.25) is 5.91 Å². The number of nitrogens with zero attached hydrogens (tertiary/aromatic N) is 2. The van der Waals surface area contributed by atoms with E-state index in [1.165, 1.54) is 12.1 Å². The molecule has 1 aromatic carbocycles. The van der Waals surface area contributed by atoms with Gasteiger partial charge in [0.15, 0.2) is 0 Å². The second-order valence-corrected chi connectivity index (χ2v) is 6.51. The Hall–Kier alpha value is -1.49. The summed E-state index contributed by atoms with van der Waals surface area (Å²) in [6.45, 7) is 3.02. The van der Waals surface area contributed by atoms with Crippen molar-refractivity contribution in [2.75, 3.05) is 26.7 Å². The van der Waals surface area contributed by atoms with Gasteiger partial charge in [0, 0.05) is 25.6 Å². The van der Waals surface area contributed by atoms with Crippen LogP contribution in [-0.2, 0) is 11.3 Å². The zero-order valence-electron chi connectivity index (χ0n) is 12.2. The fourth-order valence-corrected chi connectivity index (χ4v) is 3.48. The van der Waals surface area contributed by atoms with Gasteiger partial charge in [-0.25, -0.2) is 8.78 Å². The van der Waals surface area contributed by atoms with Gasteiger partial charge in [-0.3, -0.25) is 4.79 Å². The summed E-state index contributed by atoms with van der Waals surface area (Å²) in [5.74, 6) is -1.08. The zero-order valence-corrected chi connectivity index (χ0v) is 12.2. The van der Waals surface area contributed by atoms with Gasteiger partial charge >= 0.3 is 0 Å². The third kappa shape index (κ3) is 3.07. The molecule has 2 saturated heterocycles. The van der Waals surface area contributed by atoms with E-state index in [1.807, 2.05) is 0 Å². The van der Waals surface area contributed by atoms with Crippen LogP contribution in [0.2, 0.25) is 0 Å². The Bertz CT molecular complexity index is 533. The number of carbonyl (C=O) groups is 1. The fourth-order valence-electron chi connectivity index (χ4n) is 3.48. The van der Waals surface area contributed by atoms with Crippen molar-refractivity contribution in [3.63, 3.8) is 0 Å². The first-order chi connectivity index (χ1) is 9.96. The Labute approximate surface area is 123 Å². The molecule has 0 radical (unpaired) electrons. The van der Waals surface area contributed by atoms with Gasteiger partial charge in [-0.05, 0) is 56.1 Å². The Morgan fingerprint density at radius 3 is 2.38 bits per heavy atom. The zero-order chi connectivity index (χ0) is 15.0. The summed E-state index contributed by atoms with van der Waals surface area (Å²) in [6.07, 6.45) is 2.60. The molecule has 0 bridgehead atoms. The molecule has 1 aromatic rings. The highest BCUT2D eigenvalue weighted by molar-refractivity contribution is 5.79. The lowest BCUT2D eigenvalue weighted by atomic mass is 9.78. The number of halogens is 2. The molecule has 3 nitrogen and oxygen atoms in total. The fraction of sp³-hybridized carbons (Fsp3) is 0.562. The Balaban J connectivity index is 1.71. The van der Waals surface area contributed by atoms with Gasteiger partial charge in [-0.2, -0.15) is 0 Å². The SMILES string of the molecule is CN1CCC2(CC1)CC(=O)N(Cc1cc(F)cc(F)c1)C2. The average molecular weight is 294 g/mol. The maximum absolute atomic E-state index is 13.2. The van der Waals surface area contributed by atoms with Gasteiger partial charge in [0.05, 0.1) is 0 Å². The lowest BCUT2D eigenvalue weighted by Crippen LogP contribution is -2.39. The predicted octanol–water partition coefficient (Wildman–Crippen LogP) is 2.41. The number of carbonyl (C=O) groups excluding carboxylic acids is 1. The van der Waals surface area contributed by atoms with E-state index in [1.54, 1.807) is 4.90 Å². The van der Waals surface area contributed by atoms with Gasteiger partial charge in [-0.1, -0.05) is 0 Å². The molecule has 0 atom stereocenters. The summed E-state index contributed by atoms with van der Waals surface area (Å²) >= 11 is 0. The van der Waals surface area contributed by atoms with E-state index in [4.69, 9.17) is 0 Å². The van der Waals surface area contributed by atoms with Crippen LogP contribution in [0, 0.1) is 17.0 Å². The second-order valence-electron chi connectivity index (χ2n) is 6.51. The van der Waals surface area contributed by atoms with Crippen LogP contribution in [0.15, 0.2) is 18.2 Å². The largest absolute Gasteiger partial charge is 0.338 e. The van der Waals surface area contributed by atoms with Crippen molar-refractivity contribution in [2.45, 2.75) is 25.8 Å². The predicted molar refractivity (Wildman–Crippen MR) is 75.6 cm³/mol. The Morgan fingerprint density at radius 1 is 1.14 bits per heavy atom. The highest BCUT2D eigenvalue weighted by atomic mass is 19.1. The molecule has 0 unspecified atom stereocenters. The Kier molecular flexibility index (Phi) is 3.69. The molecule has 2 fully saturated rings. The summed E-state index contributed by atoms with van der Waals surface area (Å²) in [5, 5.41) is 0. The summed E-state index contributed by atoms with van der Waals surface area (Å²) in [6, 6.07) is 3.46. The molecule has 2 aliphatic rings. The number of hydrogen-bond acceptors (Lipinski definition) is 2. The second kappa shape index (κ2) is 5.37. The first-order valence-corrected chi connectivity index (χ1v) is 7.37. The lowest BCUT2D eigenvalue weighted by Gasteiger charge is -2.37. The van der Waals surface area contributed by atoms with E-state index in [9.17, 15) is 13.6 Å². The van der Waals surface area contributed by atoms with Crippen molar-refractivity contribution in [1.29, 1.82) is 0 Å². The van der Waals surface area contributed by atoms with Gasteiger partial charge in [0.1, 0.15) is 11.6 Å². The monoisotopic (exact) mass is 294 g/mol. The molecular weight excluding hydrogens is 274 g/mol. The number of likely N-dealkylation sites (tertiary alicyclic amines) is 2. The normalized spacial score (nSPS) is 22.2. The molecule has 1 amide bonds. The number of benzene rings is 1. The maximum atomic E-state index is 13.2. The molecule has 2 heterocycles. The maximum Gasteiger partial charge on any atom is 0.223 e. The van der Waals surface area contributed by atoms with E-state index < -0.39 is 11.6 Å². The third-order valence-electron chi connectivity index (χ3n) is 4.75. The summed E-state index contributed by atoms with van der Waals surface area (Å²) < 4.78 is 26.5. The van der Waals surface area contributed by atoms with Crippen LogP contribution in [-0.4, -0.2) is 42.4 Å². The van der Waals surface area contributed by atoms with Crippen molar-refractivity contribution in [3.05, 3.63) is 35.4 Å². The molecule has 2 aliphatic heterocycles. The molecule has 21 heavy (non-hydrogen) atoms. The lowest BCUT2D eigenvalue weighted by molar-refractivity contribution is -0.128. The molecule has 5 heteroatoms. The summed E-state index contributed by atoms with van der Waals surface area (Å²) in [4.78, 5) is 16.3. The number of amides is 1. The molecule has 0 N–H and O–H groups in total. The highest BCUT2D eigenvalue weighted by Crippen LogP contribution is 2.41.